The molecule has 10 heteroatoms. The number of nitro groups is 1. The second kappa shape index (κ2) is 6.67. The Morgan fingerprint density at radius 3 is 2.73 bits per heavy atom. The van der Waals surface area contributed by atoms with Crippen LogP contribution < -0.4 is 5.32 Å². The lowest BCUT2D eigenvalue weighted by Gasteiger charge is -2.25. The third-order valence-electron chi connectivity index (χ3n) is 4.33. The molecule has 0 fully saturated rings. The van der Waals surface area contributed by atoms with Crippen molar-refractivity contribution in [1.82, 2.24) is 14.8 Å². The lowest BCUT2D eigenvalue weighted by Crippen LogP contribution is -2.32. The van der Waals surface area contributed by atoms with Gasteiger partial charge in [0.2, 0.25) is 0 Å². The van der Waals surface area contributed by atoms with Gasteiger partial charge in [-0.15, -0.1) is 0 Å². The van der Waals surface area contributed by atoms with Crippen molar-refractivity contribution >= 4 is 21.2 Å². The van der Waals surface area contributed by atoms with Crippen LogP contribution in [-0.2, 0) is 22.8 Å². The van der Waals surface area contributed by atoms with Crippen LogP contribution in [0.3, 0.4) is 0 Å². The molecule has 0 saturated heterocycles. The molecular formula is C16H21N5O4S. The van der Waals surface area contributed by atoms with Crippen LogP contribution in [0.15, 0.2) is 23.1 Å². The van der Waals surface area contributed by atoms with E-state index in [0.29, 0.717) is 12.2 Å². The number of nitrogens with zero attached hydrogens (tertiary/aromatic N) is 4. The Morgan fingerprint density at radius 1 is 1.38 bits per heavy atom. The summed E-state index contributed by atoms with van der Waals surface area (Å²) in [7, 11) is -3.61. The second-order valence-corrected chi connectivity index (χ2v) is 8.80. The number of aromatic nitrogens is 3. The van der Waals surface area contributed by atoms with Crippen LogP contribution in [0, 0.1) is 10.1 Å². The zero-order chi connectivity index (χ0) is 19.1. The molecule has 9 nitrogen and oxygen atoms in total. The Labute approximate surface area is 151 Å². The van der Waals surface area contributed by atoms with Gasteiger partial charge < -0.3 is 5.32 Å². The van der Waals surface area contributed by atoms with Crippen LogP contribution in [0.5, 0.6) is 0 Å². The first-order valence-electron chi connectivity index (χ1n) is 8.34. The maximum atomic E-state index is 12.1. The van der Waals surface area contributed by atoms with E-state index >= 15 is 0 Å². The monoisotopic (exact) mass is 379 g/mol. The first-order chi connectivity index (χ1) is 12.1. The largest absolute Gasteiger partial charge is 0.379 e. The normalized spacial score (nSPS) is 17.2. The quantitative estimate of drug-likeness (QED) is 0.624. The van der Waals surface area contributed by atoms with Crippen LogP contribution in [0.4, 0.5) is 11.4 Å². The van der Waals surface area contributed by atoms with Gasteiger partial charge >= 0.3 is 0 Å². The van der Waals surface area contributed by atoms with Gasteiger partial charge in [0.25, 0.3) is 5.69 Å². The van der Waals surface area contributed by atoms with E-state index in [1.54, 1.807) is 0 Å². The summed E-state index contributed by atoms with van der Waals surface area (Å²) in [6, 6.07) is 3.81. The number of hydrogen-bond donors (Lipinski definition) is 1. The van der Waals surface area contributed by atoms with Gasteiger partial charge in [0.15, 0.2) is 15.7 Å². The Morgan fingerprint density at radius 2 is 2.12 bits per heavy atom. The summed E-state index contributed by atoms with van der Waals surface area (Å²) in [6.45, 7) is 4.63. The minimum Gasteiger partial charge on any atom is -0.379 e. The van der Waals surface area contributed by atoms with Crippen molar-refractivity contribution in [3.63, 3.8) is 0 Å². The van der Waals surface area contributed by atoms with E-state index in [9.17, 15) is 18.5 Å². The van der Waals surface area contributed by atoms with Gasteiger partial charge in [-0.25, -0.2) is 18.1 Å². The van der Waals surface area contributed by atoms with Crippen LogP contribution in [-0.4, -0.2) is 40.4 Å². The van der Waals surface area contributed by atoms with E-state index in [-0.39, 0.29) is 22.5 Å². The van der Waals surface area contributed by atoms with E-state index in [0.717, 1.165) is 36.8 Å². The molecule has 2 heterocycles. The average Bonchev–Trinajstić information content (AvgIpc) is 2.97. The molecule has 0 spiro atoms. The first-order valence-corrected chi connectivity index (χ1v) is 10.2. The maximum absolute atomic E-state index is 12.1. The number of aryl methyl sites for hydroxylation is 1. The topological polar surface area (TPSA) is 120 Å². The third-order valence-corrected chi connectivity index (χ3v) is 5.46. The van der Waals surface area contributed by atoms with Crippen LogP contribution >= 0.6 is 0 Å². The number of nitrogens with one attached hydrogen (secondary N) is 1. The highest BCUT2D eigenvalue weighted by Crippen LogP contribution is 2.28. The Balaban J connectivity index is 1.86. The number of rotatable bonds is 5. The highest BCUT2D eigenvalue weighted by atomic mass is 32.2. The van der Waals surface area contributed by atoms with Gasteiger partial charge in [0.05, 0.1) is 22.1 Å². The van der Waals surface area contributed by atoms with Gasteiger partial charge in [-0.1, -0.05) is 13.8 Å². The van der Waals surface area contributed by atoms with E-state index in [1.807, 2.05) is 18.5 Å². The van der Waals surface area contributed by atoms with E-state index in [2.05, 4.69) is 15.4 Å². The van der Waals surface area contributed by atoms with Gasteiger partial charge in [-0.2, -0.15) is 5.10 Å². The Kier molecular flexibility index (Phi) is 4.70. The van der Waals surface area contributed by atoms with E-state index in [4.69, 9.17) is 0 Å². The molecule has 0 saturated carbocycles. The molecule has 1 aliphatic heterocycles. The lowest BCUT2D eigenvalue weighted by atomic mass is 10.1. The second-order valence-electron chi connectivity index (χ2n) is 6.81. The fourth-order valence-electron chi connectivity index (χ4n) is 2.96. The first kappa shape index (κ1) is 18.3. The van der Waals surface area contributed by atoms with Crippen molar-refractivity contribution in [3.05, 3.63) is 40.0 Å². The van der Waals surface area contributed by atoms with Crippen molar-refractivity contribution in [3.8, 4) is 0 Å². The average molecular weight is 379 g/mol. The zero-order valence-corrected chi connectivity index (χ0v) is 15.7. The number of fused-ring (bicyclic) bond motifs is 1. The van der Waals surface area contributed by atoms with Crippen molar-refractivity contribution in [1.29, 1.82) is 0 Å². The number of non-ortho nitro benzene ring substituents is 1. The molecule has 140 valence electrons. The SMILES string of the molecule is CC(C)c1nc2n(n1)CC(Nc1ccc([N+](=O)[O-])cc1S(C)(=O)=O)CC2. The molecule has 0 radical (unpaired) electrons. The van der Waals surface area contributed by atoms with Gasteiger partial charge in [-0.05, 0) is 12.5 Å². The fourth-order valence-corrected chi connectivity index (χ4v) is 3.82. The highest BCUT2D eigenvalue weighted by Gasteiger charge is 2.25. The predicted octanol–water partition coefficient (Wildman–Crippen LogP) is 2.14. The molecule has 1 atom stereocenters. The fraction of sp³-hybridized carbons (Fsp3) is 0.500. The van der Waals surface area contributed by atoms with Gasteiger partial charge in [0.1, 0.15) is 5.82 Å². The minimum atomic E-state index is -3.61. The molecule has 2 aromatic rings. The molecule has 0 aliphatic carbocycles. The van der Waals surface area contributed by atoms with Crippen LogP contribution in [0.25, 0.3) is 0 Å². The zero-order valence-electron chi connectivity index (χ0n) is 14.8. The summed E-state index contributed by atoms with van der Waals surface area (Å²) in [6.07, 6.45) is 2.55. The van der Waals surface area contributed by atoms with E-state index < -0.39 is 14.8 Å². The maximum Gasteiger partial charge on any atom is 0.270 e. The Hall–Kier alpha value is -2.49. The van der Waals surface area contributed by atoms with Crippen LogP contribution in [0.1, 0.15) is 37.8 Å². The van der Waals surface area contributed by atoms with Gasteiger partial charge in [-0.3, -0.25) is 10.1 Å². The van der Waals surface area contributed by atoms with Crippen molar-refractivity contribution in [2.45, 2.75) is 50.1 Å². The van der Waals surface area contributed by atoms with Crippen molar-refractivity contribution in [2.24, 2.45) is 0 Å². The molecule has 26 heavy (non-hydrogen) atoms. The molecule has 0 amide bonds. The molecule has 1 unspecified atom stereocenters. The van der Waals surface area contributed by atoms with Crippen LogP contribution in [0.2, 0.25) is 0 Å². The highest BCUT2D eigenvalue weighted by molar-refractivity contribution is 7.90. The summed E-state index contributed by atoms with van der Waals surface area (Å²) in [5, 5.41) is 18.7. The summed E-state index contributed by atoms with van der Waals surface area (Å²) in [4.78, 5) is 14.8. The molecular weight excluding hydrogens is 358 g/mol. The molecule has 1 aliphatic rings. The molecule has 0 bridgehead atoms. The number of nitro benzene ring substituents is 1. The molecule has 1 aromatic carbocycles. The van der Waals surface area contributed by atoms with Crippen molar-refractivity contribution < 1.29 is 13.3 Å². The summed E-state index contributed by atoms with van der Waals surface area (Å²) in [5.74, 6) is 1.97. The molecule has 1 N–H and O–H groups in total. The predicted molar refractivity (Wildman–Crippen MR) is 96.0 cm³/mol. The number of sulfone groups is 1. The van der Waals surface area contributed by atoms with Gasteiger partial charge in [0, 0.05) is 36.8 Å². The summed E-state index contributed by atoms with van der Waals surface area (Å²) >= 11 is 0. The lowest BCUT2D eigenvalue weighted by molar-refractivity contribution is -0.385. The number of hydrogen-bond acceptors (Lipinski definition) is 7. The standard InChI is InChI=1S/C16H21N5O4S/c1-10(2)16-18-15-7-4-11(9-20(15)19-16)17-13-6-5-12(21(22)23)8-14(13)26(3,24)25/h5-6,8,10-11,17H,4,7,9H2,1-3H3. The summed E-state index contributed by atoms with van der Waals surface area (Å²) < 4.78 is 26.0. The number of anilines is 1. The molecule has 1 aromatic heterocycles. The van der Waals surface area contributed by atoms with Crippen molar-refractivity contribution in [2.75, 3.05) is 11.6 Å². The third kappa shape index (κ3) is 3.69. The minimum absolute atomic E-state index is 0.0360. The Bertz CT molecular complexity index is 952. The number of benzene rings is 1. The smallest absolute Gasteiger partial charge is 0.270 e. The molecule has 3 rings (SSSR count). The summed E-state index contributed by atoms with van der Waals surface area (Å²) in [5.41, 5.74) is 0.121. The van der Waals surface area contributed by atoms with E-state index in [1.165, 1.54) is 12.1 Å².